The van der Waals surface area contributed by atoms with E-state index in [1.165, 1.54) is 12.1 Å². The van der Waals surface area contributed by atoms with Gasteiger partial charge < -0.3 is 10.1 Å². The number of anilines is 1. The van der Waals surface area contributed by atoms with Crippen LogP contribution in [-0.2, 0) is 14.8 Å². The quantitative estimate of drug-likeness (QED) is 0.446. The van der Waals surface area contributed by atoms with Crippen LogP contribution in [0.1, 0.15) is 16.7 Å². The molecule has 0 aromatic heterocycles. The molecule has 0 saturated carbocycles. The number of hydrogen-bond donors (Lipinski definition) is 1. The molecule has 0 aliphatic carbocycles. The Morgan fingerprint density at radius 1 is 0.970 bits per heavy atom. The summed E-state index contributed by atoms with van der Waals surface area (Å²) >= 11 is 5.97. The zero-order chi connectivity index (χ0) is 24.0. The SMILES string of the molecule is Cc1ccc(S(=O)(=O)N(CC(=O)NCCOc2cccc(C)c2C)c2ccc(Cl)cc2)cc1. The topological polar surface area (TPSA) is 75.7 Å². The zero-order valence-electron chi connectivity index (χ0n) is 18.8. The van der Waals surface area contributed by atoms with Gasteiger partial charge in [0.15, 0.2) is 0 Å². The van der Waals surface area contributed by atoms with Gasteiger partial charge in [-0.1, -0.05) is 41.4 Å². The third kappa shape index (κ3) is 6.27. The van der Waals surface area contributed by atoms with Gasteiger partial charge in [0.05, 0.1) is 17.1 Å². The molecule has 174 valence electrons. The number of nitrogens with zero attached hydrogens (tertiary/aromatic N) is 1. The lowest BCUT2D eigenvalue weighted by Crippen LogP contribution is -2.41. The number of ether oxygens (including phenoxy) is 1. The molecule has 0 spiro atoms. The summed E-state index contributed by atoms with van der Waals surface area (Å²) in [5, 5.41) is 3.21. The highest BCUT2D eigenvalue weighted by Gasteiger charge is 2.27. The third-order valence-corrected chi connectivity index (χ3v) is 7.29. The Balaban J connectivity index is 1.70. The number of halogens is 1. The number of hydrogen-bond acceptors (Lipinski definition) is 4. The minimum absolute atomic E-state index is 0.106. The van der Waals surface area contributed by atoms with Crippen LogP contribution in [0.3, 0.4) is 0 Å². The van der Waals surface area contributed by atoms with Crippen molar-refractivity contribution in [3.63, 3.8) is 0 Å². The van der Waals surface area contributed by atoms with Gasteiger partial charge in [-0.3, -0.25) is 9.10 Å². The number of nitrogens with one attached hydrogen (secondary N) is 1. The molecule has 3 rings (SSSR count). The molecule has 0 saturated heterocycles. The third-order valence-electron chi connectivity index (χ3n) is 5.25. The first-order valence-electron chi connectivity index (χ1n) is 10.5. The predicted molar refractivity (Wildman–Crippen MR) is 132 cm³/mol. The predicted octanol–water partition coefficient (Wildman–Crippen LogP) is 4.66. The second-order valence-corrected chi connectivity index (χ2v) is 10.00. The van der Waals surface area contributed by atoms with E-state index in [1.54, 1.807) is 36.4 Å². The normalized spacial score (nSPS) is 11.2. The van der Waals surface area contributed by atoms with Crippen molar-refractivity contribution in [3.8, 4) is 5.75 Å². The molecule has 0 aliphatic heterocycles. The average Bonchev–Trinajstić information content (AvgIpc) is 2.78. The first-order chi connectivity index (χ1) is 15.7. The fraction of sp³-hybridized carbons (Fsp3) is 0.240. The van der Waals surface area contributed by atoms with Crippen LogP contribution in [0.25, 0.3) is 0 Å². The van der Waals surface area contributed by atoms with E-state index in [0.29, 0.717) is 10.7 Å². The minimum atomic E-state index is -3.96. The van der Waals surface area contributed by atoms with Crippen LogP contribution in [0, 0.1) is 20.8 Å². The molecule has 33 heavy (non-hydrogen) atoms. The molecule has 0 unspecified atom stereocenters. The van der Waals surface area contributed by atoms with Crippen LogP contribution in [0.4, 0.5) is 5.69 Å². The Morgan fingerprint density at radius 2 is 1.64 bits per heavy atom. The van der Waals surface area contributed by atoms with Crippen molar-refractivity contribution in [1.29, 1.82) is 0 Å². The van der Waals surface area contributed by atoms with Crippen molar-refractivity contribution >= 4 is 33.2 Å². The fourth-order valence-electron chi connectivity index (χ4n) is 3.18. The monoisotopic (exact) mass is 486 g/mol. The van der Waals surface area contributed by atoms with E-state index in [0.717, 1.165) is 26.7 Å². The molecule has 1 N–H and O–H groups in total. The van der Waals surface area contributed by atoms with Gasteiger partial charge in [-0.15, -0.1) is 0 Å². The number of carbonyl (C=O) groups excluding carboxylic acids is 1. The van der Waals surface area contributed by atoms with Crippen molar-refractivity contribution in [2.75, 3.05) is 24.0 Å². The molecule has 0 bridgehead atoms. The second-order valence-electron chi connectivity index (χ2n) is 7.70. The summed E-state index contributed by atoms with van der Waals surface area (Å²) in [6, 6.07) is 18.6. The maximum atomic E-state index is 13.3. The highest BCUT2D eigenvalue weighted by molar-refractivity contribution is 7.92. The maximum Gasteiger partial charge on any atom is 0.264 e. The first kappa shape index (κ1) is 24.6. The summed E-state index contributed by atoms with van der Waals surface area (Å²) in [6.07, 6.45) is 0. The molecule has 0 atom stereocenters. The maximum absolute atomic E-state index is 13.3. The summed E-state index contributed by atoms with van der Waals surface area (Å²) in [5.41, 5.74) is 3.45. The van der Waals surface area contributed by atoms with E-state index in [1.807, 2.05) is 39.0 Å². The van der Waals surface area contributed by atoms with Crippen LogP contribution in [0.15, 0.2) is 71.6 Å². The highest BCUT2D eigenvalue weighted by atomic mass is 35.5. The van der Waals surface area contributed by atoms with Gasteiger partial charge in [-0.05, 0) is 74.4 Å². The summed E-state index contributed by atoms with van der Waals surface area (Å²) in [6.45, 7) is 5.99. The summed E-state index contributed by atoms with van der Waals surface area (Å²) in [7, 11) is -3.96. The van der Waals surface area contributed by atoms with Crippen molar-refractivity contribution < 1.29 is 17.9 Å². The lowest BCUT2D eigenvalue weighted by molar-refractivity contribution is -0.119. The zero-order valence-corrected chi connectivity index (χ0v) is 20.4. The number of sulfonamides is 1. The van der Waals surface area contributed by atoms with Crippen LogP contribution >= 0.6 is 11.6 Å². The molecule has 0 aliphatic rings. The van der Waals surface area contributed by atoms with Crippen molar-refractivity contribution in [2.45, 2.75) is 25.7 Å². The van der Waals surface area contributed by atoms with E-state index in [9.17, 15) is 13.2 Å². The van der Waals surface area contributed by atoms with E-state index in [2.05, 4.69) is 5.32 Å². The highest BCUT2D eigenvalue weighted by Crippen LogP contribution is 2.25. The molecule has 8 heteroatoms. The van der Waals surface area contributed by atoms with Gasteiger partial charge in [0, 0.05) is 5.02 Å². The molecule has 6 nitrogen and oxygen atoms in total. The number of carbonyl (C=O) groups is 1. The van der Waals surface area contributed by atoms with Crippen LogP contribution in [0.5, 0.6) is 5.75 Å². The fourth-order valence-corrected chi connectivity index (χ4v) is 4.73. The number of benzene rings is 3. The number of aryl methyl sites for hydroxylation is 2. The molecule has 0 radical (unpaired) electrons. The minimum Gasteiger partial charge on any atom is -0.491 e. The van der Waals surface area contributed by atoms with Crippen molar-refractivity contribution in [2.24, 2.45) is 0 Å². The van der Waals surface area contributed by atoms with Crippen LogP contribution < -0.4 is 14.4 Å². The van der Waals surface area contributed by atoms with Crippen LogP contribution in [0.2, 0.25) is 5.02 Å². The van der Waals surface area contributed by atoms with Gasteiger partial charge in [-0.25, -0.2) is 8.42 Å². The van der Waals surface area contributed by atoms with E-state index in [4.69, 9.17) is 16.3 Å². The first-order valence-corrected chi connectivity index (χ1v) is 12.3. The lowest BCUT2D eigenvalue weighted by Gasteiger charge is -2.24. The van der Waals surface area contributed by atoms with Gasteiger partial charge in [0.25, 0.3) is 10.0 Å². The molecule has 0 heterocycles. The smallest absolute Gasteiger partial charge is 0.264 e. The molecule has 1 amide bonds. The summed E-state index contributed by atoms with van der Waals surface area (Å²) in [5.74, 6) is 0.319. The molecule has 3 aromatic rings. The Bertz CT molecular complexity index is 1210. The van der Waals surface area contributed by atoms with Gasteiger partial charge in [0.1, 0.15) is 18.9 Å². The number of amides is 1. The molecule has 3 aromatic carbocycles. The average molecular weight is 487 g/mol. The second kappa shape index (κ2) is 10.7. The summed E-state index contributed by atoms with van der Waals surface area (Å²) in [4.78, 5) is 12.8. The van der Waals surface area contributed by atoms with E-state index < -0.39 is 15.9 Å². The van der Waals surface area contributed by atoms with Gasteiger partial charge >= 0.3 is 0 Å². The number of rotatable bonds is 9. The Morgan fingerprint density at radius 3 is 2.30 bits per heavy atom. The van der Waals surface area contributed by atoms with Gasteiger partial charge in [0.2, 0.25) is 5.91 Å². The Labute approximate surface area is 200 Å². The van der Waals surface area contributed by atoms with E-state index in [-0.39, 0.29) is 24.6 Å². The Hall–Kier alpha value is -3.03. The van der Waals surface area contributed by atoms with Crippen molar-refractivity contribution in [3.05, 3.63) is 88.4 Å². The van der Waals surface area contributed by atoms with Gasteiger partial charge in [-0.2, -0.15) is 0 Å². The Kier molecular flexibility index (Phi) is 8.00. The molecular weight excluding hydrogens is 460 g/mol. The van der Waals surface area contributed by atoms with E-state index >= 15 is 0 Å². The largest absolute Gasteiger partial charge is 0.491 e. The standard InChI is InChI=1S/C25H27ClN2O4S/c1-18-7-13-23(14-8-18)33(30,31)28(22-11-9-21(26)10-12-22)17-25(29)27-15-16-32-24-6-4-5-19(2)20(24)3/h4-14H,15-17H2,1-3H3,(H,27,29). The van der Waals surface area contributed by atoms with Crippen molar-refractivity contribution in [1.82, 2.24) is 5.32 Å². The van der Waals surface area contributed by atoms with Crippen LogP contribution in [-0.4, -0.2) is 34.0 Å². The summed E-state index contributed by atoms with van der Waals surface area (Å²) < 4.78 is 33.5. The molecule has 0 fully saturated rings. The lowest BCUT2D eigenvalue weighted by atomic mass is 10.1. The molecular formula is C25H27ClN2O4S.